The highest BCUT2D eigenvalue weighted by molar-refractivity contribution is 14.1. The van der Waals surface area contributed by atoms with E-state index >= 15 is 0 Å². The highest BCUT2D eigenvalue weighted by Crippen LogP contribution is 2.40. The topological polar surface area (TPSA) is 101 Å². The zero-order valence-corrected chi connectivity index (χ0v) is 21.3. The van der Waals surface area contributed by atoms with Crippen molar-refractivity contribution in [3.8, 4) is 0 Å². The van der Waals surface area contributed by atoms with Crippen LogP contribution in [0.3, 0.4) is 0 Å². The fraction of sp³-hybridized carbons (Fsp3) is 0.423. The minimum Gasteiger partial charge on any atom is -0.478 e. The molecule has 0 aromatic heterocycles. The fourth-order valence-corrected chi connectivity index (χ4v) is 5.18. The van der Waals surface area contributed by atoms with Crippen molar-refractivity contribution >= 4 is 40.5 Å². The maximum Gasteiger partial charge on any atom is 0.338 e. The number of carbonyl (C=O) groups is 3. The van der Waals surface area contributed by atoms with Crippen LogP contribution in [0, 0.1) is 17.4 Å². The first kappa shape index (κ1) is 25.2. The molecule has 0 unspecified atom stereocenters. The Morgan fingerprint density at radius 1 is 0.788 bits per heavy atom. The Bertz CT molecular complexity index is 1080. The summed E-state index contributed by atoms with van der Waals surface area (Å²) in [6.45, 7) is 3.63. The molecule has 2 fully saturated rings. The first-order valence-electron chi connectivity index (χ1n) is 11.1. The minimum absolute atomic E-state index is 0.165. The van der Waals surface area contributed by atoms with Crippen molar-refractivity contribution in [2.45, 2.75) is 64.2 Å². The van der Waals surface area contributed by atoms with Crippen LogP contribution in [0.15, 0.2) is 24.3 Å². The largest absolute Gasteiger partial charge is 0.478 e. The second-order valence-electron chi connectivity index (χ2n) is 8.80. The number of esters is 1. The van der Waals surface area contributed by atoms with Crippen LogP contribution in [0.4, 0.5) is 0 Å². The van der Waals surface area contributed by atoms with Crippen LogP contribution < -0.4 is 0 Å². The van der Waals surface area contributed by atoms with Crippen molar-refractivity contribution in [3.63, 3.8) is 0 Å². The summed E-state index contributed by atoms with van der Waals surface area (Å²) in [5, 5.41) is 18.1. The quantitative estimate of drug-likeness (QED) is 0.326. The normalized spacial score (nSPS) is 15.5. The van der Waals surface area contributed by atoms with Gasteiger partial charge in [0.15, 0.2) is 0 Å². The molecule has 0 spiro atoms. The summed E-state index contributed by atoms with van der Waals surface area (Å²) in [6.07, 6.45) is 7.07. The number of carbonyl (C=O) groups excluding carboxylic acids is 1. The number of rotatable bonds is 5. The van der Waals surface area contributed by atoms with Gasteiger partial charge in [0.1, 0.15) is 0 Å². The van der Waals surface area contributed by atoms with Gasteiger partial charge in [0.25, 0.3) is 0 Å². The highest BCUT2D eigenvalue weighted by atomic mass is 127. The number of hydrogen-bond acceptors (Lipinski definition) is 4. The number of methoxy groups -OCH3 is 1. The molecular weight excluding hydrogens is 535 g/mol. The summed E-state index contributed by atoms with van der Waals surface area (Å²) in [5.74, 6) is -1.28. The highest BCUT2D eigenvalue weighted by Gasteiger charge is 2.27. The second kappa shape index (κ2) is 10.7. The molecule has 0 heterocycles. The van der Waals surface area contributed by atoms with Crippen LogP contribution in [-0.2, 0) is 4.74 Å². The third-order valence-corrected chi connectivity index (χ3v) is 7.63. The zero-order valence-electron chi connectivity index (χ0n) is 19.1. The molecule has 0 bridgehead atoms. The van der Waals surface area contributed by atoms with E-state index in [0.717, 1.165) is 34.0 Å². The van der Waals surface area contributed by atoms with Crippen molar-refractivity contribution in [1.82, 2.24) is 0 Å². The van der Waals surface area contributed by atoms with E-state index < -0.39 is 17.9 Å². The molecule has 2 aromatic carbocycles. The Balaban J connectivity index is 0.000000189. The summed E-state index contributed by atoms with van der Waals surface area (Å²) in [5.41, 5.74) is 4.83. The van der Waals surface area contributed by atoms with Crippen molar-refractivity contribution in [2.24, 2.45) is 0 Å². The first-order valence-corrected chi connectivity index (χ1v) is 12.2. The van der Waals surface area contributed by atoms with Gasteiger partial charge >= 0.3 is 17.9 Å². The van der Waals surface area contributed by atoms with Crippen LogP contribution in [0.1, 0.15) is 104 Å². The van der Waals surface area contributed by atoms with Crippen molar-refractivity contribution in [3.05, 3.63) is 66.8 Å². The van der Waals surface area contributed by atoms with Gasteiger partial charge in [0, 0.05) is 3.57 Å². The Morgan fingerprint density at radius 2 is 1.24 bits per heavy atom. The van der Waals surface area contributed by atoms with Gasteiger partial charge in [0.05, 0.1) is 23.8 Å². The molecule has 2 saturated carbocycles. The average Bonchev–Trinajstić information content (AvgIpc) is 2.67. The Morgan fingerprint density at radius 3 is 1.67 bits per heavy atom. The molecule has 2 aromatic rings. The standard InChI is InChI=1S/C14H16O4.C12H13IO2/c1-8-6-11(9-4-3-5-9)12(14(17)18-2)7-10(8)13(15)16;1-7-5-10(8-3-2-4-8)11(13)6-9(7)12(14)15/h6-7,9H,3-5H2,1-2H3,(H,15,16);5-6,8H,2-4H2,1H3,(H,14,15). The summed E-state index contributed by atoms with van der Waals surface area (Å²) >= 11 is 2.25. The zero-order chi connectivity index (χ0) is 24.3. The minimum atomic E-state index is -1.02. The lowest BCUT2D eigenvalue weighted by atomic mass is 9.77. The van der Waals surface area contributed by atoms with Crippen LogP contribution in [-0.4, -0.2) is 35.2 Å². The van der Waals surface area contributed by atoms with E-state index in [1.807, 2.05) is 13.0 Å². The Labute approximate surface area is 207 Å². The van der Waals surface area contributed by atoms with Gasteiger partial charge in [-0.15, -0.1) is 0 Å². The second-order valence-corrected chi connectivity index (χ2v) is 9.96. The number of halogens is 1. The number of aromatic carboxylic acids is 2. The van der Waals surface area contributed by atoms with E-state index in [0.29, 0.717) is 28.5 Å². The summed E-state index contributed by atoms with van der Waals surface area (Å²) in [6, 6.07) is 7.11. The Kier molecular flexibility index (Phi) is 8.15. The van der Waals surface area contributed by atoms with Gasteiger partial charge in [-0.25, -0.2) is 14.4 Å². The molecule has 0 aliphatic heterocycles. The third-order valence-electron chi connectivity index (χ3n) is 6.70. The van der Waals surface area contributed by atoms with Gasteiger partial charge in [-0.05, 0) is 108 Å². The van der Waals surface area contributed by atoms with E-state index in [4.69, 9.17) is 14.9 Å². The lowest BCUT2D eigenvalue weighted by Gasteiger charge is -2.28. The fourth-order valence-electron chi connectivity index (χ4n) is 4.27. The molecule has 33 heavy (non-hydrogen) atoms. The number of carboxylic acids is 2. The van der Waals surface area contributed by atoms with Crippen molar-refractivity contribution in [1.29, 1.82) is 0 Å². The average molecular weight is 564 g/mol. The SMILES string of the molecule is COC(=O)c1cc(C(=O)O)c(C)cc1C1CCC1.Cc1cc(C2CCC2)c(I)cc1C(=O)O. The molecule has 176 valence electrons. The lowest BCUT2D eigenvalue weighted by molar-refractivity contribution is 0.0597. The molecular formula is C26H29IO6. The molecule has 0 radical (unpaired) electrons. The Hall–Kier alpha value is -2.42. The molecule has 7 heteroatoms. The van der Waals surface area contributed by atoms with Crippen molar-refractivity contribution in [2.75, 3.05) is 7.11 Å². The number of ether oxygens (including phenoxy) is 1. The molecule has 2 aliphatic carbocycles. The number of benzene rings is 2. The van der Waals surface area contributed by atoms with Gasteiger partial charge < -0.3 is 14.9 Å². The monoisotopic (exact) mass is 564 g/mol. The first-order chi connectivity index (χ1) is 15.6. The van der Waals surface area contributed by atoms with Gasteiger partial charge in [0.2, 0.25) is 0 Å². The van der Waals surface area contributed by atoms with Crippen LogP contribution >= 0.6 is 22.6 Å². The van der Waals surface area contributed by atoms with E-state index in [2.05, 4.69) is 28.7 Å². The molecule has 0 atom stereocenters. The summed E-state index contributed by atoms with van der Waals surface area (Å²) < 4.78 is 5.84. The lowest BCUT2D eigenvalue weighted by Crippen LogP contribution is -2.16. The van der Waals surface area contributed by atoms with Gasteiger partial charge in [-0.1, -0.05) is 25.0 Å². The van der Waals surface area contributed by atoms with E-state index in [1.54, 1.807) is 13.0 Å². The van der Waals surface area contributed by atoms with E-state index in [1.165, 1.54) is 38.0 Å². The van der Waals surface area contributed by atoms with Crippen LogP contribution in [0.5, 0.6) is 0 Å². The smallest absolute Gasteiger partial charge is 0.338 e. The maximum absolute atomic E-state index is 11.7. The molecule has 2 N–H and O–H groups in total. The molecule has 0 amide bonds. The molecule has 4 rings (SSSR count). The summed E-state index contributed by atoms with van der Waals surface area (Å²) in [4.78, 5) is 33.8. The predicted octanol–water partition coefficient (Wildman–Crippen LogP) is 6.31. The third kappa shape index (κ3) is 5.57. The van der Waals surface area contributed by atoms with Crippen LogP contribution in [0.2, 0.25) is 0 Å². The number of aryl methyl sites for hydroxylation is 2. The van der Waals surface area contributed by atoms with E-state index in [-0.39, 0.29) is 5.56 Å². The number of carboxylic acid groups (broad SMARTS) is 2. The molecule has 2 aliphatic rings. The van der Waals surface area contributed by atoms with Gasteiger partial charge in [-0.2, -0.15) is 0 Å². The predicted molar refractivity (Wildman–Crippen MR) is 134 cm³/mol. The summed E-state index contributed by atoms with van der Waals surface area (Å²) in [7, 11) is 1.31. The number of hydrogen-bond donors (Lipinski definition) is 2. The molecule has 6 nitrogen and oxygen atoms in total. The van der Waals surface area contributed by atoms with Crippen LogP contribution in [0.25, 0.3) is 0 Å². The van der Waals surface area contributed by atoms with Crippen molar-refractivity contribution < 1.29 is 29.3 Å². The molecule has 0 saturated heterocycles. The van der Waals surface area contributed by atoms with E-state index in [9.17, 15) is 14.4 Å². The van der Waals surface area contributed by atoms with Gasteiger partial charge in [-0.3, -0.25) is 0 Å². The maximum atomic E-state index is 11.7.